The van der Waals surface area contributed by atoms with Gasteiger partial charge in [-0.2, -0.15) is 0 Å². The Hall–Kier alpha value is -5.19. The average molecular weight is 498 g/mol. The van der Waals surface area contributed by atoms with E-state index in [1.165, 1.54) is 15.3 Å². The fourth-order valence-electron chi connectivity index (χ4n) is 3.93. The van der Waals surface area contributed by atoms with E-state index >= 15 is 0 Å². The number of nitrogens with one attached hydrogen (secondary N) is 1. The number of carbonyl (C=O) groups is 1. The Balaban J connectivity index is 1.55. The standard InChI is InChI=1S/C26H23N7O4/c1-31(16-17-8-10-18(37-2)11-9-17)20-14-22(30-33-21(26(35)36)15-28-24(20)33)29-19-6-5-13-32(25(19)34)23-7-3-4-12-27-23/h3-15H,16H2,1-2H3,(H,29,30)(H,35,36). The lowest BCUT2D eigenvalue weighted by Crippen LogP contribution is -2.22. The second-order valence-electron chi connectivity index (χ2n) is 8.21. The normalized spacial score (nSPS) is 10.9. The van der Waals surface area contributed by atoms with E-state index in [0.29, 0.717) is 23.7 Å². The molecule has 0 aliphatic rings. The first-order valence-electron chi connectivity index (χ1n) is 11.3. The van der Waals surface area contributed by atoms with Gasteiger partial charge in [0.25, 0.3) is 5.56 Å². The summed E-state index contributed by atoms with van der Waals surface area (Å²) in [5, 5.41) is 17.1. The molecule has 0 spiro atoms. The number of carboxylic acid groups (broad SMARTS) is 1. The average Bonchev–Trinajstić information content (AvgIpc) is 3.35. The third-order valence-electron chi connectivity index (χ3n) is 5.76. The van der Waals surface area contributed by atoms with Crippen molar-refractivity contribution >= 4 is 28.8 Å². The molecule has 0 aliphatic heterocycles. The van der Waals surface area contributed by atoms with E-state index in [4.69, 9.17) is 4.74 Å². The number of hydrogen-bond acceptors (Lipinski definition) is 8. The Morgan fingerprint density at radius 3 is 2.62 bits per heavy atom. The number of imidazole rings is 1. The Kier molecular flexibility index (Phi) is 6.25. The van der Waals surface area contributed by atoms with Crippen LogP contribution < -0.4 is 20.5 Å². The molecule has 0 amide bonds. The molecule has 1 aromatic carbocycles. The molecule has 2 N–H and O–H groups in total. The number of pyridine rings is 2. The van der Waals surface area contributed by atoms with Gasteiger partial charge in [0, 0.05) is 32.1 Å². The first-order valence-corrected chi connectivity index (χ1v) is 11.3. The quantitative estimate of drug-likeness (QED) is 0.332. The van der Waals surface area contributed by atoms with Crippen LogP contribution in [0.3, 0.4) is 0 Å². The molecule has 4 aromatic heterocycles. The van der Waals surface area contributed by atoms with Gasteiger partial charge in [-0.25, -0.2) is 19.3 Å². The number of fused-ring (bicyclic) bond motifs is 1. The minimum absolute atomic E-state index is 0.100. The molecule has 11 heteroatoms. The smallest absolute Gasteiger partial charge is 0.356 e. The summed E-state index contributed by atoms with van der Waals surface area (Å²) in [5.41, 5.74) is 1.83. The number of aromatic carboxylic acids is 1. The molecule has 11 nitrogen and oxygen atoms in total. The zero-order chi connectivity index (χ0) is 25.9. The highest BCUT2D eigenvalue weighted by molar-refractivity contribution is 5.88. The van der Waals surface area contributed by atoms with Gasteiger partial charge in [0.1, 0.15) is 17.3 Å². The summed E-state index contributed by atoms with van der Waals surface area (Å²) in [7, 11) is 3.48. The number of rotatable bonds is 8. The third kappa shape index (κ3) is 4.69. The predicted molar refractivity (Wildman–Crippen MR) is 138 cm³/mol. The maximum Gasteiger partial charge on any atom is 0.356 e. The summed E-state index contributed by atoms with van der Waals surface area (Å²) < 4.78 is 7.90. The monoisotopic (exact) mass is 497 g/mol. The van der Waals surface area contributed by atoms with Crippen molar-refractivity contribution in [3.63, 3.8) is 0 Å². The SMILES string of the molecule is COc1ccc(CN(C)c2cc(Nc3cccn(-c4ccccn4)c3=O)nn3c(C(=O)O)cnc23)cc1. The van der Waals surface area contributed by atoms with Crippen LogP contribution in [-0.4, -0.2) is 49.4 Å². The van der Waals surface area contributed by atoms with Crippen LogP contribution in [0.15, 0.2) is 84.0 Å². The number of nitrogens with zero attached hydrogens (tertiary/aromatic N) is 6. The van der Waals surface area contributed by atoms with Gasteiger partial charge < -0.3 is 20.1 Å². The van der Waals surface area contributed by atoms with E-state index in [9.17, 15) is 14.7 Å². The van der Waals surface area contributed by atoms with Gasteiger partial charge in [-0.05, 0) is 42.0 Å². The molecular weight excluding hydrogens is 474 g/mol. The summed E-state index contributed by atoms with van der Waals surface area (Å²) in [6.45, 7) is 0.510. The second kappa shape index (κ2) is 9.82. The Bertz CT molecular complexity index is 1630. The van der Waals surface area contributed by atoms with Gasteiger partial charge in [-0.3, -0.25) is 9.36 Å². The summed E-state index contributed by atoms with van der Waals surface area (Å²) in [4.78, 5) is 35.5. The van der Waals surface area contributed by atoms with E-state index in [0.717, 1.165) is 11.3 Å². The van der Waals surface area contributed by atoms with E-state index in [-0.39, 0.29) is 22.8 Å². The fraction of sp³-hybridized carbons (Fsp3) is 0.115. The molecule has 5 rings (SSSR count). The van der Waals surface area contributed by atoms with Crippen molar-refractivity contribution in [2.24, 2.45) is 0 Å². The van der Waals surface area contributed by atoms with Crippen LogP contribution in [0.25, 0.3) is 11.5 Å². The zero-order valence-corrected chi connectivity index (χ0v) is 20.1. The van der Waals surface area contributed by atoms with Crippen LogP contribution >= 0.6 is 0 Å². The predicted octanol–water partition coefficient (Wildman–Crippen LogP) is 3.36. The van der Waals surface area contributed by atoms with Crippen LogP contribution in [0.5, 0.6) is 5.75 Å². The number of methoxy groups -OCH3 is 1. The molecule has 186 valence electrons. The summed E-state index contributed by atoms with van der Waals surface area (Å²) in [6.07, 6.45) is 4.49. The Morgan fingerprint density at radius 2 is 1.92 bits per heavy atom. The van der Waals surface area contributed by atoms with Gasteiger partial charge in [0.05, 0.1) is 19.0 Å². The second-order valence-corrected chi connectivity index (χ2v) is 8.21. The maximum absolute atomic E-state index is 13.2. The number of carboxylic acids is 1. The highest BCUT2D eigenvalue weighted by Gasteiger charge is 2.19. The Morgan fingerprint density at radius 1 is 1.11 bits per heavy atom. The van der Waals surface area contributed by atoms with Crippen LogP contribution in [0.4, 0.5) is 17.2 Å². The fourth-order valence-corrected chi connectivity index (χ4v) is 3.93. The van der Waals surface area contributed by atoms with Crippen molar-refractivity contribution in [3.8, 4) is 11.6 Å². The Labute approximate surface area is 211 Å². The van der Waals surface area contributed by atoms with Crippen LogP contribution in [-0.2, 0) is 6.54 Å². The molecule has 4 heterocycles. The van der Waals surface area contributed by atoms with Crippen LogP contribution in [0, 0.1) is 0 Å². The van der Waals surface area contributed by atoms with Crippen molar-refractivity contribution in [2.75, 3.05) is 24.4 Å². The molecule has 0 unspecified atom stereocenters. The molecule has 0 fully saturated rings. The molecule has 0 saturated carbocycles. The molecule has 37 heavy (non-hydrogen) atoms. The van der Waals surface area contributed by atoms with Crippen molar-refractivity contribution < 1.29 is 14.6 Å². The number of anilines is 3. The lowest BCUT2D eigenvalue weighted by Gasteiger charge is -2.21. The van der Waals surface area contributed by atoms with Gasteiger partial charge in [-0.15, -0.1) is 5.10 Å². The highest BCUT2D eigenvalue weighted by atomic mass is 16.5. The number of hydrogen-bond donors (Lipinski definition) is 2. The van der Waals surface area contributed by atoms with Crippen LogP contribution in [0.2, 0.25) is 0 Å². The lowest BCUT2D eigenvalue weighted by atomic mass is 10.2. The van der Waals surface area contributed by atoms with Gasteiger partial charge in [0.15, 0.2) is 17.2 Å². The van der Waals surface area contributed by atoms with Gasteiger partial charge >= 0.3 is 5.97 Å². The number of aromatic nitrogens is 5. The van der Waals surface area contributed by atoms with Crippen LogP contribution in [0.1, 0.15) is 16.1 Å². The lowest BCUT2D eigenvalue weighted by molar-refractivity contribution is 0.0688. The minimum Gasteiger partial charge on any atom is -0.497 e. The largest absolute Gasteiger partial charge is 0.497 e. The topological polar surface area (TPSA) is 127 Å². The van der Waals surface area contributed by atoms with Crippen molar-refractivity contribution in [3.05, 3.63) is 101 Å². The summed E-state index contributed by atoms with van der Waals surface area (Å²) in [5.74, 6) is 0.337. The maximum atomic E-state index is 13.2. The van der Waals surface area contributed by atoms with E-state index in [1.807, 2.05) is 36.2 Å². The molecule has 0 saturated heterocycles. The summed E-state index contributed by atoms with van der Waals surface area (Å²) >= 11 is 0. The van der Waals surface area contributed by atoms with Crippen molar-refractivity contribution in [1.82, 2.24) is 24.1 Å². The van der Waals surface area contributed by atoms with Crippen molar-refractivity contribution in [1.29, 1.82) is 0 Å². The first kappa shape index (κ1) is 23.5. The molecule has 0 atom stereocenters. The first-order chi connectivity index (χ1) is 17.9. The van der Waals surface area contributed by atoms with Gasteiger partial charge in [0.2, 0.25) is 0 Å². The van der Waals surface area contributed by atoms with E-state index in [1.54, 1.807) is 55.9 Å². The van der Waals surface area contributed by atoms with Gasteiger partial charge in [-0.1, -0.05) is 18.2 Å². The minimum atomic E-state index is -1.17. The molecular formula is C26H23N7O4. The van der Waals surface area contributed by atoms with E-state index in [2.05, 4.69) is 20.4 Å². The van der Waals surface area contributed by atoms with Crippen molar-refractivity contribution in [2.45, 2.75) is 6.54 Å². The molecule has 0 radical (unpaired) electrons. The number of ether oxygens (including phenoxy) is 1. The zero-order valence-electron chi connectivity index (χ0n) is 20.1. The summed E-state index contributed by atoms with van der Waals surface area (Å²) in [6, 6.07) is 18.0. The molecule has 0 bridgehead atoms. The molecule has 5 aromatic rings. The highest BCUT2D eigenvalue weighted by Crippen LogP contribution is 2.26. The van der Waals surface area contributed by atoms with E-state index < -0.39 is 5.97 Å². The third-order valence-corrected chi connectivity index (χ3v) is 5.76. The number of benzene rings is 1. The molecule has 0 aliphatic carbocycles.